The highest BCUT2D eigenvalue weighted by molar-refractivity contribution is 5.50. The number of nitrogens with one attached hydrogen (secondary N) is 1. The van der Waals surface area contributed by atoms with E-state index in [-0.39, 0.29) is 0 Å². The van der Waals surface area contributed by atoms with Crippen molar-refractivity contribution < 1.29 is 18.9 Å². The molecule has 0 amide bonds. The molecule has 3 aliphatic rings. The van der Waals surface area contributed by atoms with Crippen molar-refractivity contribution in [2.45, 2.75) is 51.1 Å². The number of benzene rings is 2. The Hall–Kier alpha value is -2.44. The number of piperidine rings is 1. The third-order valence-electron chi connectivity index (χ3n) is 8.64. The summed E-state index contributed by atoms with van der Waals surface area (Å²) < 4.78 is 22.5. The molecule has 1 saturated heterocycles. The van der Waals surface area contributed by atoms with Crippen molar-refractivity contribution in [3.8, 4) is 23.0 Å². The Morgan fingerprint density at radius 3 is 2.03 bits per heavy atom. The van der Waals surface area contributed by atoms with Crippen LogP contribution in [0.3, 0.4) is 0 Å². The number of rotatable bonds is 7. The topological polar surface area (TPSA) is 52.2 Å². The number of ether oxygens (including phenoxy) is 4. The van der Waals surface area contributed by atoms with Gasteiger partial charge in [0.1, 0.15) is 0 Å². The molecule has 3 aliphatic heterocycles. The van der Waals surface area contributed by atoms with Crippen LogP contribution in [-0.2, 0) is 12.8 Å². The molecule has 4 atom stereocenters. The third kappa shape index (κ3) is 4.47. The van der Waals surface area contributed by atoms with E-state index in [2.05, 4.69) is 41.4 Å². The van der Waals surface area contributed by atoms with Crippen LogP contribution < -0.4 is 24.3 Å². The minimum absolute atomic E-state index is 0.345. The predicted octanol–water partition coefficient (Wildman–Crippen LogP) is 4.94. The summed E-state index contributed by atoms with van der Waals surface area (Å²) in [5, 5.41) is 3.83. The lowest BCUT2D eigenvalue weighted by Crippen LogP contribution is -2.46. The monoisotopic (exact) mass is 480 g/mol. The summed E-state index contributed by atoms with van der Waals surface area (Å²) >= 11 is 0. The first-order valence-electron chi connectivity index (χ1n) is 13.1. The standard InChI is InChI=1S/C29H40N2O4/c1-6-18-17-31-10-8-20-14-27(33-3)29(35-5)16-23(20)25(31)12-21(18)11-24-22-15-28(34-4)26(32-2)13-19(22)7-9-30-24/h13-16,18,21,24-25,30H,6-12,17H2,1-5H3/t18-,21-,24?,25?/m0/s1. The molecule has 1 N–H and O–H groups in total. The second-order valence-electron chi connectivity index (χ2n) is 10.2. The number of fused-ring (bicyclic) bond motifs is 4. The van der Waals surface area contributed by atoms with Crippen LogP contribution in [0.5, 0.6) is 23.0 Å². The van der Waals surface area contributed by atoms with E-state index in [1.54, 1.807) is 28.4 Å². The van der Waals surface area contributed by atoms with E-state index in [0.717, 1.165) is 55.4 Å². The van der Waals surface area contributed by atoms with Gasteiger partial charge in [-0.05, 0) is 90.6 Å². The van der Waals surface area contributed by atoms with E-state index < -0.39 is 0 Å². The quantitative estimate of drug-likeness (QED) is 0.606. The third-order valence-corrected chi connectivity index (χ3v) is 8.64. The van der Waals surface area contributed by atoms with Gasteiger partial charge >= 0.3 is 0 Å². The Balaban J connectivity index is 1.43. The van der Waals surface area contributed by atoms with E-state index in [0.29, 0.717) is 23.9 Å². The van der Waals surface area contributed by atoms with Gasteiger partial charge in [-0.15, -0.1) is 0 Å². The lowest BCUT2D eigenvalue weighted by molar-refractivity contribution is 0.0434. The minimum atomic E-state index is 0.345. The average molecular weight is 481 g/mol. The molecule has 2 aromatic rings. The van der Waals surface area contributed by atoms with Gasteiger partial charge < -0.3 is 24.3 Å². The van der Waals surface area contributed by atoms with Crippen LogP contribution in [-0.4, -0.2) is 53.0 Å². The second kappa shape index (κ2) is 10.3. The maximum absolute atomic E-state index is 5.68. The highest BCUT2D eigenvalue weighted by Gasteiger charge is 2.40. The first-order valence-corrected chi connectivity index (χ1v) is 13.1. The van der Waals surface area contributed by atoms with Gasteiger partial charge in [-0.25, -0.2) is 0 Å². The van der Waals surface area contributed by atoms with Crippen molar-refractivity contribution >= 4 is 0 Å². The largest absolute Gasteiger partial charge is 0.493 e. The molecule has 6 heteroatoms. The van der Waals surface area contributed by atoms with Crippen molar-refractivity contribution in [3.05, 3.63) is 46.5 Å². The zero-order valence-electron chi connectivity index (χ0n) is 21.9. The molecule has 0 aromatic heterocycles. The SMILES string of the molecule is CC[C@H]1CN2CCc3cc(OC)c(OC)cc3C2C[C@@H]1CC1NCCc2cc(OC)c(OC)cc21. The molecule has 35 heavy (non-hydrogen) atoms. The summed E-state index contributed by atoms with van der Waals surface area (Å²) in [4.78, 5) is 2.72. The molecule has 1 fully saturated rings. The summed E-state index contributed by atoms with van der Waals surface area (Å²) in [7, 11) is 6.90. The maximum atomic E-state index is 5.68. The fourth-order valence-electron chi connectivity index (χ4n) is 6.74. The highest BCUT2D eigenvalue weighted by atomic mass is 16.5. The fraction of sp³-hybridized carbons (Fsp3) is 0.586. The molecule has 0 bridgehead atoms. The molecular formula is C29H40N2O4. The summed E-state index contributed by atoms with van der Waals surface area (Å²) in [5.74, 6) is 4.69. The smallest absolute Gasteiger partial charge is 0.161 e. The van der Waals surface area contributed by atoms with Gasteiger partial charge in [-0.1, -0.05) is 13.3 Å². The summed E-state index contributed by atoms with van der Waals surface area (Å²) in [5.41, 5.74) is 5.60. The van der Waals surface area contributed by atoms with Crippen LogP contribution in [0.2, 0.25) is 0 Å². The van der Waals surface area contributed by atoms with Gasteiger partial charge in [0.15, 0.2) is 23.0 Å². The number of nitrogens with zero attached hydrogens (tertiary/aromatic N) is 1. The average Bonchev–Trinajstić information content (AvgIpc) is 2.91. The normalized spacial score (nSPS) is 25.7. The van der Waals surface area contributed by atoms with E-state index in [4.69, 9.17) is 18.9 Å². The number of hydrogen-bond donors (Lipinski definition) is 1. The number of methoxy groups -OCH3 is 4. The Kier molecular flexibility index (Phi) is 7.12. The summed E-state index contributed by atoms with van der Waals surface area (Å²) in [6.45, 7) is 5.66. The Bertz CT molecular complexity index is 1050. The van der Waals surface area contributed by atoms with Crippen LogP contribution in [0, 0.1) is 11.8 Å². The van der Waals surface area contributed by atoms with Crippen molar-refractivity contribution in [2.24, 2.45) is 11.8 Å². The second-order valence-corrected chi connectivity index (χ2v) is 10.2. The van der Waals surface area contributed by atoms with Gasteiger partial charge in [0, 0.05) is 25.2 Å². The molecule has 0 spiro atoms. The highest BCUT2D eigenvalue weighted by Crippen LogP contribution is 2.48. The molecular weight excluding hydrogens is 440 g/mol. The molecule has 2 unspecified atom stereocenters. The minimum Gasteiger partial charge on any atom is -0.493 e. The van der Waals surface area contributed by atoms with E-state index in [9.17, 15) is 0 Å². The van der Waals surface area contributed by atoms with Crippen LogP contribution in [0.1, 0.15) is 60.5 Å². The first kappa shape index (κ1) is 24.3. The molecule has 6 nitrogen and oxygen atoms in total. The van der Waals surface area contributed by atoms with Crippen molar-refractivity contribution in [2.75, 3.05) is 48.1 Å². The molecule has 190 valence electrons. The van der Waals surface area contributed by atoms with Gasteiger partial charge in [0.05, 0.1) is 28.4 Å². The van der Waals surface area contributed by atoms with Crippen LogP contribution >= 0.6 is 0 Å². The van der Waals surface area contributed by atoms with Crippen molar-refractivity contribution in [1.82, 2.24) is 10.2 Å². The Morgan fingerprint density at radius 1 is 0.800 bits per heavy atom. The maximum Gasteiger partial charge on any atom is 0.161 e. The van der Waals surface area contributed by atoms with Crippen molar-refractivity contribution in [1.29, 1.82) is 0 Å². The van der Waals surface area contributed by atoms with Gasteiger partial charge in [0.25, 0.3) is 0 Å². The van der Waals surface area contributed by atoms with Crippen LogP contribution in [0.4, 0.5) is 0 Å². The van der Waals surface area contributed by atoms with Crippen LogP contribution in [0.15, 0.2) is 24.3 Å². The molecule has 0 saturated carbocycles. The molecule has 5 rings (SSSR count). The fourth-order valence-corrected chi connectivity index (χ4v) is 6.74. The van der Waals surface area contributed by atoms with E-state index in [1.165, 1.54) is 41.6 Å². The Morgan fingerprint density at radius 2 is 1.40 bits per heavy atom. The summed E-state index contributed by atoms with van der Waals surface area (Å²) in [6.07, 6.45) is 5.65. The molecule has 3 heterocycles. The summed E-state index contributed by atoms with van der Waals surface area (Å²) in [6, 6.07) is 9.61. The van der Waals surface area contributed by atoms with Crippen LogP contribution in [0.25, 0.3) is 0 Å². The lowest BCUT2D eigenvalue weighted by Gasteiger charge is -2.48. The van der Waals surface area contributed by atoms with Gasteiger partial charge in [0.2, 0.25) is 0 Å². The van der Waals surface area contributed by atoms with Gasteiger partial charge in [-0.2, -0.15) is 0 Å². The first-order chi connectivity index (χ1) is 17.1. The van der Waals surface area contributed by atoms with Crippen molar-refractivity contribution in [3.63, 3.8) is 0 Å². The predicted molar refractivity (Wildman–Crippen MR) is 138 cm³/mol. The Labute approximate surface area is 209 Å². The lowest BCUT2D eigenvalue weighted by atomic mass is 9.72. The zero-order chi connectivity index (χ0) is 24.5. The molecule has 2 aromatic carbocycles. The van der Waals surface area contributed by atoms with E-state index in [1.807, 2.05) is 0 Å². The van der Waals surface area contributed by atoms with E-state index >= 15 is 0 Å². The molecule has 0 radical (unpaired) electrons. The zero-order valence-corrected chi connectivity index (χ0v) is 21.9. The van der Waals surface area contributed by atoms with Gasteiger partial charge in [-0.3, -0.25) is 4.90 Å². The molecule has 0 aliphatic carbocycles. The number of hydrogen-bond acceptors (Lipinski definition) is 6.